The SMILES string of the molecule is CC(C)(C)c1ccc(C2c3sc(=O)n(CC(=O)Nc4cccc(C(F)(F)F)c4)c3SC3C(=O)NC(=O)C32)cc1. The highest BCUT2D eigenvalue weighted by Crippen LogP contribution is 2.51. The van der Waals surface area contributed by atoms with Crippen LogP contribution in [0.5, 0.6) is 0 Å². The van der Waals surface area contributed by atoms with Crippen LogP contribution in [0.25, 0.3) is 0 Å². The van der Waals surface area contributed by atoms with Gasteiger partial charge in [0.25, 0.3) is 0 Å². The minimum Gasteiger partial charge on any atom is -0.325 e. The van der Waals surface area contributed by atoms with Crippen LogP contribution in [-0.4, -0.2) is 27.5 Å². The van der Waals surface area contributed by atoms with Gasteiger partial charge in [0.2, 0.25) is 17.7 Å². The summed E-state index contributed by atoms with van der Waals surface area (Å²) in [5, 5.41) is 4.42. The predicted molar refractivity (Wildman–Crippen MR) is 142 cm³/mol. The van der Waals surface area contributed by atoms with Gasteiger partial charge in [-0.3, -0.25) is 29.1 Å². The molecule has 7 nitrogen and oxygen atoms in total. The molecule has 0 bridgehead atoms. The fraction of sp³-hybridized carbons (Fsp3) is 0.333. The van der Waals surface area contributed by atoms with Crippen LogP contribution < -0.4 is 15.5 Å². The number of nitrogens with zero attached hydrogens (tertiary/aromatic N) is 1. The highest BCUT2D eigenvalue weighted by molar-refractivity contribution is 8.00. The van der Waals surface area contributed by atoms with E-state index in [0.29, 0.717) is 9.90 Å². The summed E-state index contributed by atoms with van der Waals surface area (Å²) in [6.45, 7) is 5.77. The number of carbonyl (C=O) groups excluding carboxylic acids is 3. The van der Waals surface area contributed by atoms with E-state index in [0.717, 1.165) is 46.4 Å². The van der Waals surface area contributed by atoms with Crippen LogP contribution >= 0.6 is 23.1 Å². The predicted octanol–water partition coefficient (Wildman–Crippen LogP) is 4.74. The average Bonchev–Trinajstić information content (AvgIpc) is 3.31. The summed E-state index contributed by atoms with van der Waals surface area (Å²) in [7, 11) is 0. The molecule has 2 N–H and O–H groups in total. The lowest BCUT2D eigenvalue weighted by Gasteiger charge is -2.31. The van der Waals surface area contributed by atoms with E-state index in [1.165, 1.54) is 16.7 Å². The number of rotatable bonds is 4. The van der Waals surface area contributed by atoms with E-state index in [4.69, 9.17) is 0 Å². The van der Waals surface area contributed by atoms with Gasteiger partial charge in [-0.25, -0.2) is 0 Å². The van der Waals surface area contributed by atoms with Crippen molar-refractivity contribution < 1.29 is 27.6 Å². The van der Waals surface area contributed by atoms with Gasteiger partial charge in [-0.15, -0.1) is 0 Å². The van der Waals surface area contributed by atoms with Crippen molar-refractivity contribution in [2.45, 2.75) is 55.1 Å². The average molecular weight is 576 g/mol. The number of halogens is 3. The van der Waals surface area contributed by atoms with Crippen LogP contribution in [0.3, 0.4) is 0 Å². The zero-order valence-electron chi connectivity index (χ0n) is 21.1. The van der Waals surface area contributed by atoms with Crippen molar-refractivity contribution in [2.75, 3.05) is 5.32 Å². The minimum absolute atomic E-state index is 0.0581. The van der Waals surface area contributed by atoms with Crippen LogP contribution in [-0.2, 0) is 32.5 Å². The lowest BCUT2D eigenvalue weighted by Crippen LogP contribution is -2.33. The fourth-order valence-corrected chi connectivity index (χ4v) is 7.58. The van der Waals surface area contributed by atoms with Gasteiger partial charge in [0.15, 0.2) is 0 Å². The summed E-state index contributed by atoms with van der Waals surface area (Å²) < 4.78 is 40.4. The summed E-state index contributed by atoms with van der Waals surface area (Å²) in [5.74, 6) is -2.87. The second kappa shape index (κ2) is 9.67. The molecule has 2 aromatic carbocycles. The molecule has 0 radical (unpaired) electrons. The van der Waals surface area contributed by atoms with Crippen LogP contribution in [0.2, 0.25) is 0 Å². The highest BCUT2D eigenvalue weighted by Gasteiger charge is 2.52. The smallest absolute Gasteiger partial charge is 0.325 e. The van der Waals surface area contributed by atoms with Crippen LogP contribution in [0, 0.1) is 5.92 Å². The Morgan fingerprint density at radius 1 is 1.00 bits per heavy atom. The molecule has 3 unspecified atom stereocenters. The van der Waals surface area contributed by atoms with E-state index >= 15 is 0 Å². The topological polar surface area (TPSA) is 97.3 Å². The molecule has 3 aromatic rings. The lowest BCUT2D eigenvalue weighted by atomic mass is 9.81. The number of aromatic nitrogens is 1. The first-order valence-corrected chi connectivity index (χ1v) is 13.8. The zero-order chi connectivity index (χ0) is 28.3. The van der Waals surface area contributed by atoms with Crippen molar-refractivity contribution in [3.8, 4) is 0 Å². The number of hydrogen-bond donors (Lipinski definition) is 2. The van der Waals surface area contributed by atoms with E-state index in [9.17, 15) is 32.3 Å². The maximum Gasteiger partial charge on any atom is 0.416 e. The lowest BCUT2D eigenvalue weighted by molar-refractivity contribution is -0.137. The largest absolute Gasteiger partial charge is 0.416 e. The standard InChI is InChI=1S/C27H24F3N3O4S2/c1-26(2,3)14-9-7-13(8-10-14)18-19-20(23(36)32-22(19)35)38-24-21(18)39-25(37)33(24)12-17(34)31-16-6-4-5-15(11-16)27(28,29)30/h4-11,18-20H,12H2,1-3H3,(H,31,34)(H,32,35,36). The van der Waals surface area contributed by atoms with Gasteiger partial charge in [-0.1, -0.05) is 74.2 Å². The Kier molecular flexibility index (Phi) is 6.74. The Morgan fingerprint density at radius 3 is 2.33 bits per heavy atom. The molecule has 204 valence electrons. The van der Waals surface area contributed by atoms with Gasteiger partial charge in [-0.05, 0) is 34.7 Å². The molecule has 5 rings (SSSR count). The number of nitrogens with one attached hydrogen (secondary N) is 2. The molecule has 3 heterocycles. The second-order valence-electron chi connectivity index (χ2n) is 10.5. The Labute approximate surface area is 229 Å². The third kappa shape index (κ3) is 5.14. The first-order valence-electron chi connectivity index (χ1n) is 12.1. The number of thiazole rings is 1. The number of imide groups is 1. The van der Waals surface area contributed by atoms with E-state index in [1.807, 2.05) is 24.3 Å². The Balaban J connectivity index is 1.49. The van der Waals surface area contributed by atoms with Gasteiger partial charge in [0.1, 0.15) is 11.8 Å². The molecule has 3 atom stereocenters. The zero-order valence-corrected chi connectivity index (χ0v) is 22.7. The fourth-order valence-electron chi connectivity index (χ4n) is 4.84. The Hall–Kier alpha value is -3.38. The van der Waals surface area contributed by atoms with Crippen molar-refractivity contribution in [3.63, 3.8) is 0 Å². The number of benzene rings is 2. The van der Waals surface area contributed by atoms with Crippen molar-refractivity contribution >= 4 is 46.5 Å². The molecule has 39 heavy (non-hydrogen) atoms. The number of alkyl halides is 3. The molecule has 12 heteroatoms. The van der Waals surface area contributed by atoms with Gasteiger partial charge < -0.3 is 5.32 Å². The molecule has 0 aliphatic carbocycles. The third-order valence-electron chi connectivity index (χ3n) is 6.80. The molecule has 1 fully saturated rings. The van der Waals surface area contributed by atoms with Crippen LogP contribution in [0.1, 0.15) is 48.3 Å². The Bertz CT molecular complexity index is 1540. The van der Waals surface area contributed by atoms with Crippen molar-refractivity contribution in [2.24, 2.45) is 5.92 Å². The maximum absolute atomic E-state index is 13.1. The summed E-state index contributed by atoms with van der Waals surface area (Å²) in [4.78, 5) is 51.5. The molecule has 2 aliphatic heterocycles. The number of carbonyl (C=O) groups is 3. The van der Waals surface area contributed by atoms with Crippen molar-refractivity contribution in [3.05, 3.63) is 79.8 Å². The molecular formula is C27H24F3N3O4S2. The minimum atomic E-state index is -4.57. The van der Waals surface area contributed by atoms with E-state index < -0.39 is 58.0 Å². The molecule has 1 saturated heterocycles. The number of anilines is 1. The normalized spacial score (nSPS) is 20.8. The Morgan fingerprint density at radius 2 is 1.69 bits per heavy atom. The van der Waals surface area contributed by atoms with Gasteiger partial charge in [0.05, 0.1) is 16.5 Å². The molecule has 1 aromatic heterocycles. The number of fused-ring (bicyclic) bond motifs is 2. The van der Waals surface area contributed by atoms with Crippen LogP contribution in [0.4, 0.5) is 18.9 Å². The first-order chi connectivity index (χ1) is 18.2. The molecular weight excluding hydrogens is 551 g/mol. The first kappa shape index (κ1) is 27.2. The van der Waals surface area contributed by atoms with Crippen molar-refractivity contribution in [1.29, 1.82) is 0 Å². The summed E-state index contributed by atoms with van der Waals surface area (Å²) in [6, 6.07) is 11.9. The van der Waals surface area contributed by atoms with Crippen LogP contribution in [0.15, 0.2) is 58.4 Å². The molecule has 3 amide bonds. The van der Waals surface area contributed by atoms with E-state index in [-0.39, 0.29) is 11.1 Å². The van der Waals surface area contributed by atoms with Crippen molar-refractivity contribution in [1.82, 2.24) is 9.88 Å². The highest BCUT2D eigenvalue weighted by atomic mass is 32.2. The van der Waals surface area contributed by atoms with E-state index in [2.05, 4.69) is 31.4 Å². The molecule has 0 saturated carbocycles. The number of amides is 3. The third-order valence-corrected chi connectivity index (χ3v) is 9.41. The van der Waals surface area contributed by atoms with E-state index in [1.54, 1.807) is 0 Å². The number of hydrogen-bond acceptors (Lipinski definition) is 6. The molecule has 2 aliphatic rings. The summed E-state index contributed by atoms with van der Waals surface area (Å²) >= 11 is 1.96. The monoisotopic (exact) mass is 575 g/mol. The molecule has 0 spiro atoms. The van der Waals surface area contributed by atoms with Gasteiger partial charge in [-0.2, -0.15) is 13.2 Å². The maximum atomic E-state index is 13.1. The van der Waals surface area contributed by atoms with Gasteiger partial charge >= 0.3 is 11.0 Å². The second-order valence-corrected chi connectivity index (χ2v) is 12.6. The number of thioether (sulfide) groups is 1. The van der Waals surface area contributed by atoms with Gasteiger partial charge in [0, 0.05) is 16.5 Å². The quantitative estimate of drug-likeness (QED) is 0.438. The summed E-state index contributed by atoms with van der Waals surface area (Å²) in [5.41, 5.74) is 0.779. The summed E-state index contributed by atoms with van der Waals surface area (Å²) in [6.07, 6.45) is -4.57.